The molecule has 0 aliphatic heterocycles. The standard InChI is InChI=1S/C29H30ClNO5/c1-4-8-21-22(28-23-9-5-6-11-25(23)31-36-28)10-7-12-26(21)35-18(2)15-16-34-27-14-13-20(17-24(27)30)19(3)29(32)33/h5-7,9-14,17-19H,4,8,15-16H2,1-3H3,(H,32,33). The quantitative estimate of drug-likeness (QED) is 0.226. The van der Waals surface area contributed by atoms with Crippen molar-refractivity contribution in [3.05, 3.63) is 76.8 Å². The van der Waals surface area contributed by atoms with Crippen LogP contribution in [0.1, 0.15) is 50.7 Å². The van der Waals surface area contributed by atoms with Gasteiger partial charge < -0.3 is 19.1 Å². The van der Waals surface area contributed by atoms with Gasteiger partial charge in [-0.25, -0.2) is 0 Å². The average molecular weight is 508 g/mol. The number of fused-ring (bicyclic) bond motifs is 1. The maximum atomic E-state index is 11.2. The van der Waals surface area contributed by atoms with Gasteiger partial charge in [0.25, 0.3) is 0 Å². The first-order valence-electron chi connectivity index (χ1n) is 12.2. The fourth-order valence-corrected chi connectivity index (χ4v) is 4.38. The summed E-state index contributed by atoms with van der Waals surface area (Å²) in [5.41, 5.74) is 3.56. The number of hydrogen-bond acceptors (Lipinski definition) is 5. The number of benzene rings is 3. The molecule has 3 aromatic carbocycles. The molecular weight excluding hydrogens is 478 g/mol. The summed E-state index contributed by atoms with van der Waals surface area (Å²) in [6, 6.07) is 19.0. The summed E-state index contributed by atoms with van der Waals surface area (Å²) >= 11 is 6.32. The summed E-state index contributed by atoms with van der Waals surface area (Å²) in [6.07, 6.45) is 2.35. The molecule has 0 amide bonds. The molecule has 0 bridgehead atoms. The molecule has 6 nitrogen and oxygen atoms in total. The first-order valence-corrected chi connectivity index (χ1v) is 12.5. The van der Waals surface area contributed by atoms with Crippen molar-refractivity contribution < 1.29 is 23.9 Å². The van der Waals surface area contributed by atoms with Crippen LogP contribution in [0.5, 0.6) is 11.5 Å². The molecule has 4 rings (SSSR count). The van der Waals surface area contributed by atoms with E-state index in [0.29, 0.717) is 29.4 Å². The van der Waals surface area contributed by atoms with Crippen LogP contribution in [0.15, 0.2) is 65.2 Å². The largest absolute Gasteiger partial charge is 0.492 e. The highest BCUT2D eigenvalue weighted by Gasteiger charge is 2.19. The van der Waals surface area contributed by atoms with E-state index in [9.17, 15) is 9.90 Å². The molecule has 2 unspecified atom stereocenters. The van der Waals surface area contributed by atoms with Crippen molar-refractivity contribution in [1.29, 1.82) is 0 Å². The van der Waals surface area contributed by atoms with Gasteiger partial charge in [0.05, 0.1) is 23.7 Å². The van der Waals surface area contributed by atoms with Gasteiger partial charge in [0, 0.05) is 22.9 Å². The Morgan fingerprint density at radius 2 is 1.89 bits per heavy atom. The number of rotatable bonds is 11. The smallest absolute Gasteiger partial charge is 0.310 e. The predicted molar refractivity (Wildman–Crippen MR) is 141 cm³/mol. The Hall–Kier alpha value is -3.51. The SMILES string of the molecule is CCCc1c(OC(C)CCOc2ccc(C(C)C(=O)O)cc2Cl)cccc1-c1onc2ccccc12. The number of nitrogens with zero attached hydrogens (tertiary/aromatic N) is 1. The molecule has 0 aliphatic rings. The van der Waals surface area contributed by atoms with Crippen LogP contribution in [0, 0.1) is 0 Å². The average Bonchev–Trinajstić information content (AvgIpc) is 3.29. The van der Waals surface area contributed by atoms with E-state index in [0.717, 1.165) is 46.4 Å². The van der Waals surface area contributed by atoms with E-state index in [2.05, 4.69) is 18.1 Å². The van der Waals surface area contributed by atoms with Crippen LogP contribution in [0.3, 0.4) is 0 Å². The Morgan fingerprint density at radius 3 is 2.64 bits per heavy atom. The van der Waals surface area contributed by atoms with Crippen LogP contribution in [0.2, 0.25) is 5.02 Å². The molecule has 0 saturated heterocycles. The number of carbonyl (C=O) groups is 1. The second-order valence-electron chi connectivity index (χ2n) is 8.88. The normalized spacial score (nSPS) is 12.9. The Kier molecular flexibility index (Phi) is 8.16. The first kappa shape index (κ1) is 25.6. The Balaban J connectivity index is 1.44. The van der Waals surface area contributed by atoms with Crippen LogP contribution in [0.25, 0.3) is 22.2 Å². The van der Waals surface area contributed by atoms with Gasteiger partial charge >= 0.3 is 5.97 Å². The molecule has 2 atom stereocenters. The van der Waals surface area contributed by atoms with Crippen molar-refractivity contribution in [2.24, 2.45) is 0 Å². The molecule has 0 aliphatic carbocycles. The van der Waals surface area contributed by atoms with Gasteiger partial charge in [0.15, 0.2) is 5.76 Å². The second-order valence-corrected chi connectivity index (χ2v) is 9.28. The number of carboxylic acid groups (broad SMARTS) is 1. The molecule has 188 valence electrons. The lowest BCUT2D eigenvalue weighted by atomic mass is 9.98. The summed E-state index contributed by atoms with van der Waals surface area (Å²) in [6.45, 7) is 6.18. The molecule has 0 saturated carbocycles. The van der Waals surface area contributed by atoms with Crippen molar-refractivity contribution in [1.82, 2.24) is 5.16 Å². The molecule has 7 heteroatoms. The number of aliphatic carboxylic acids is 1. The summed E-state index contributed by atoms with van der Waals surface area (Å²) in [5, 5.41) is 14.8. The van der Waals surface area contributed by atoms with Crippen molar-refractivity contribution in [3.63, 3.8) is 0 Å². The van der Waals surface area contributed by atoms with Crippen LogP contribution in [0.4, 0.5) is 0 Å². The zero-order valence-corrected chi connectivity index (χ0v) is 21.4. The van der Waals surface area contributed by atoms with Gasteiger partial charge in [0.1, 0.15) is 17.0 Å². The number of ether oxygens (including phenoxy) is 2. The van der Waals surface area contributed by atoms with E-state index < -0.39 is 11.9 Å². The van der Waals surface area contributed by atoms with Crippen LogP contribution in [-0.4, -0.2) is 28.9 Å². The minimum absolute atomic E-state index is 0.104. The number of hydrogen-bond donors (Lipinski definition) is 1. The lowest BCUT2D eigenvalue weighted by molar-refractivity contribution is -0.138. The summed E-state index contributed by atoms with van der Waals surface area (Å²) in [4.78, 5) is 11.2. The van der Waals surface area contributed by atoms with Crippen molar-refractivity contribution >= 4 is 28.5 Å². The van der Waals surface area contributed by atoms with E-state index >= 15 is 0 Å². The Bertz CT molecular complexity index is 1350. The molecule has 0 spiro atoms. The zero-order chi connectivity index (χ0) is 25.7. The molecule has 0 radical (unpaired) electrons. The van der Waals surface area contributed by atoms with E-state index in [1.54, 1.807) is 25.1 Å². The predicted octanol–water partition coefficient (Wildman–Crippen LogP) is 7.53. The van der Waals surface area contributed by atoms with Gasteiger partial charge in [-0.1, -0.05) is 60.4 Å². The molecule has 0 fully saturated rings. The highest BCUT2D eigenvalue weighted by atomic mass is 35.5. The number of halogens is 1. The van der Waals surface area contributed by atoms with E-state index in [1.807, 2.05) is 43.3 Å². The van der Waals surface area contributed by atoms with E-state index in [-0.39, 0.29) is 6.10 Å². The van der Waals surface area contributed by atoms with Crippen molar-refractivity contribution in [3.8, 4) is 22.8 Å². The maximum Gasteiger partial charge on any atom is 0.310 e. The number of aromatic nitrogens is 1. The van der Waals surface area contributed by atoms with Crippen LogP contribution in [-0.2, 0) is 11.2 Å². The third-order valence-electron chi connectivity index (χ3n) is 6.20. The van der Waals surface area contributed by atoms with Crippen LogP contribution >= 0.6 is 11.6 Å². The summed E-state index contributed by atoms with van der Waals surface area (Å²) in [5.74, 6) is 0.580. The van der Waals surface area contributed by atoms with Crippen LogP contribution < -0.4 is 9.47 Å². The molecule has 4 aromatic rings. The maximum absolute atomic E-state index is 11.2. The van der Waals surface area contributed by atoms with Gasteiger partial charge in [-0.05, 0) is 56.2 Å². The van der Waals surface area contributed by atoms with Gasteiger partial charge in [-0.3, -0.25) is 4.79 Å². The van der Waals surface area contributed by atoms with Crippen molar-refractivity contribution in [2.75, 3.05) is 6.61 Å². The van der Waals surface area contributed by atoms with Gasteiger partial charge in [-0.15, -0.1) is 0 Å². The van der Waals surface area contributed by atoms with E-state index in [1.165, 1.54) is 0 Å². The minimum atomic E-state index is -0.895. The monoisotopic (exact) mass is 507 g/mol. The summed E-state index contributed by atoms with van der Waals surface area (Å²) in [7, 11) is 0. The molecule has 1 N–H and O–H groups in total. The van der Waals surface area contributed by atoms with Gasteiger partial charge in [-0.2, -0.15) is 0 Å². The second kappa shape index (κ2) is 11.5. The number of carboxylic acids is 1. The molecule has 1 aromatic heterocycles. The Labute approximate surface area is 215 Å². The lowest BCUT2D eigenvalue weighted by Gasteiger charge is -2.19. The van der Waals surface area contributed by atoms with Crippen molar-refractivity contribution in [2.45, 2.75) is 52.1 Å². The fraction of sp³-hybridized carbons (Fsp3) is 0.310. The molecule has 1 heterocycles. The lowest BCUT2D eigenvalue weighted by Crippen LogP contribution is -2.17. The van der Waals surface area contributed by atoms with Gasteiger partial charge in [0.2, 0.25) is 0 Å². The topological polar surface area (TPSA) is 81.8 Å². The highest BCUT2D eigenvalue weighted by Crippen LogP contribution is 2.36. The zero-order valence-electron chi connectivity index (χ0n) is 20.7. The minimum Gasteiger partial charge on any atom is -0.492 e. The highest BCUT2D eigenvalue weighted by molar-refractivity contribution is 6.32. The first-order chi connectivity index (χ1) is 17.4. The molecule has 36 heavy (non-hydrogen) atoms. The fourth-order valence-electron chi connectivity index (χ4n) is 4.14. The third-order valence-corrected chi connectivity index (χ3v) is 6.49. The Morgan fingerprint density at radius 1 is 1.08 bits per heavy atom. The van der Waals surface area contributed by atoms with E-state index in [4.69, 9.17) is 25.6 Å². The third kappa shape index (κ3) is 5.65. The summed E-state index contributed by atoms with van der Waals surface area (Å²) < 4.78 is 18.0. The molecular formula is C29H30ClNO5.